The van der Waals surface area contributed by atoms with E-state index in [9.17, 15) is 4.79 Å². The largest absolute Gasteiger partial charge is 0.377 e. The first kappa shape index (κ1) is 36.7. The van der Waals surface area contributed by atoms with Crippen LogP contribution in [0, 0.1) is 0 Å². The van der Waals surface area contributed by atoms with Crippen LogP contribution in [0.2, 0.25) is 0 Å². The summed E-state index contributed by atoms with van der Waals surface area (Å²) in [4.78, 5) is 12.7. The van der Waals surface area contributed by atoms with E-state index in [4.69, 9.17) is 18.9 Å². The molecule has 5 heteroatoms. The summed E-state index contributed by atoms with van der Waals surface area (Å²) >= 11 is 0. The zero-order chi connectivity index (χ0) is 33.3. The molecule has 252 valence electrons. The molecular formula is C43H50O5. The summed E-state index contributed by atoms with van der Waals surface area (Å²) in [5.41, 5.74) is 4.62. The molecular weight excluding hydrogens is 596 g/mol. The normalized spacial score (nSPS) is 12.8. The standard InChI is InChI=1S/C43H50O5/c44-41(25-13-27-42(47-35-39-21-9-3-10-22-39)29-15-31-45-33-37-17-5-1-6-18-37)26-14-28-43(48-36-40-23-11-4-12-24-40)30-16-32-46-34-38-19-7-2-8-20-38/h1-14,17-26,42-43H,15-16,27-36H2/t42-,43-/m0/s1. The Labute approximate surface area is 287 Å². The minimum Gasteiger partial charge on any atom is -0.377 e. The summed E-state index contributed by atoms with van der Waals surface area (Å²) in [7, 11) is 0. The molecule has 2 atom stereocenters. The molecule has 0 aromatic heterocycles. The molecule has 0 bridgehead atoms. The molecule has 0 aliphatic carbocycles. The molecule has 0 N–H and O–H groups in total. The average molecular weight is 647 g/mol. The molecule has 0 amide bonds. The lowest BCUT2D eigenvalue weighted by atomic mass is 10.1. The number of rotatable bonds is 24. The summed E-state index contributed by atoms with van der Waals surface area (Å²) in [6.45, 7) is 3.63. The lowest BCUT2D eigenvalue weighted by Gasteiger charge is -2.17. The van der Waals surface area contributed by atoms with Gasteiger partial charge in [-0.2, -0.15) is 0 Å². The molecule has 48 heavy (non-hydrogen) atoms. The van der Waals surface area contributed by atoms with E-state index in [1.54, 1.807) is 12.2 Å². The van der Waals surface area contributed by atoms with E-state index >= 15 is 0 Å². The van der Waals surface area contributed by atoms with Crippen LogP contribution in [0.1, 0.15) is 60.8 Å². The van der Waals surface area contributed by atoms with Crippen molar-refractivity contribution >= 4 is 5.78 Å². The third-order valence-corrected chi connectivity index (χ3v) is 7.87. The Kier molecular flexibility index (Phi) is 17.8. The summed E-state index contributed by atoms with van der Waals surface area (Å²) in [6.07, 6.45) is 12.0. The van der Waals surface area contributed by atoms with Gasteiger partial charge in [0.15, 0.2) is 5.78 Å². The van der Waals surface area contributed by atoms with Gasteiger partial charge in [-0.3, -0.25) is 4.79 Å². The van der Waals surface area contributed by atoms with Crippen LogP contribution >= 0.6 is 0 Å². The van der Waals surface area contributed by atoms with Crippen molar-refractivity contribution in [2.24, 2.45) is 0 Å². The van der Waals surface area contributed by atoms with Gasteiger partial charge in [0, 0.05) is 13.2 Å². The van der Waals surface area contributed by atoms with Crippen LogP contribution < -0.4 is 0 Å². The highest BCUT2D eigenvalue weighted by Gasteiger charge is 2.10. The van der Waals surface area contributed by atoms with E-state index in [0.717, 1.165) is 36.8 Å². The highest BCUT2D eigenvalue weighted by molar-refractivity contribution is 5.99. The van der Waals surface area contributed by atoms with Crippen LogP contribution in [0.25, 0.3) is 0 Å². The Morgan fingerprint density at radius 2 is 0.812 bits per heavy atom. The Morgan fingerprint density at radius 3 is 1.17 bits per heavy atom. The Bertz CT molecular complexity index is 1330. The lowest BCUT2D eigenvalue weighted by Crippen LogP contribution is -2.14. The lowest BCUT2D eigenvalue weighted by molar-refractivity contribution is -0.110. The molecule has 0 unspecified atom stereocenters. The SMILES string of the molecule is O=C(C=CC[C@@H](CCCOCc1ccccc1)OCc1ccccc1)C=CC[C@@H](CCCOCc1ccccc1)OCc1ccccc1. The van der Waals surface area contributed by atoms with Crippen LogP contribution in [0.3, 0.4) is 0 Å². The van der Waals surface area contributed by atoms with Gasteiger partial charge in [0.05, 0.1) is 38.6 Å². The molecule has 0 saturated carbocycles. The van der Waals surface area contributed by atoms with E-state index in [1.807, 2.05) is 84.9 Å². The van der Waals surface area contributed by atoms with Crippen molar-refractivity contribution in [2.75, 3.05) is 13.2 Å². The molecule has 4 aromatic rings. The van der Waals surface area contributed by atoms with Gasteiger partial charge in [-0.15, -0.1) is 0 Å². The van der Waals surface area contributed by atoms with Crippen molar-refractivity contribution in [3.05, 3.63) is 168 Å². The molecule has 5 nitrogen and oxygen atoms in total. The fraction of sp³-hybridized carbons (Fsp3) is 0.326. The van der Waals surface area contributed by atoms with Gasteiger partial charge in [-0.1, -0.05) is 133 Å². The van der Waals surface area contributed by atoms with Crippen molar-refractivity contribution in [3.63, 3.8) is 0 Å². The van der Waals surface area contributed by atoms with E-state index < -0.39 is 0 Å². The number of carbonyl (C=O) groups excluding carboxylic acids is 1. The molecule has 0 aliphatic rings. The zero-order valence-corrected chi connectivity index (χ0v) is 28.0. The fourth-order valence-corrected chi connectivity index (χ4v) is 5.20. The van der Waals surface area contributed by atoms with Gasteiger partial charge in [-0.05, 0) is 72.9 Å². The van der Waals surface area contributed by atoms with Crippen LogP contribution in [0.15, 0.2) is 146 Å². The first-order valence-corrected chi connectivity index (χ1v) is 17.2. The van der Waals surface area contributed by atoms with Crippen molar-refractivity contribution in [1.82, 2.24) is 0 Å². The van der Waals surface area contributed by atoms with Gasteiger partial charge in [0.2, 0.25) is 0 Å². The Balaban J connectivity index is 1.21. The zero-order valence-electron chi connectivity index (χ0n) is 28.0. The van der Waals surface area contributed by atoms with Gasteiger partial charge in [-0.25, -0.2) is 0 Å². The molecule has 0 fully saturated rings. The fourth-order valence-electron chi connectivity index (χ4n) is 5.20. The number of allylic oxidation sites excluding steroid dienone is 2. The minimum atomic E-state index is -0.0315. The Hall–Kier alpha value is -4.13. The predicted molar refractivity (Wildman–Crippen MR) is 193 cm³/mol. The maximum absolute atomic E-state index is 12.7. The van der Waals surface area contributed by atoms with Crippen molar-refractivity contribution < 1.29 is 23.7 Å². The van der Waals surface area contributed by atoms with Gasteiger partial charge < -0.3 is 18.9 Å². The van der Waals surface area contributed by atoms with Crippen LogP contribution in [-0.2, 0) is 50.2 Å². The third-order valence-electron chi connectivity index (χ3n) is 7.87. The maximum atomic E-state index is 12.7. The number of hydrogen-bond acceptors (Lipinski definition) is 5. The van der Waals surface area contributed by atoms with E-state index in [2.05, 4.69) is 48.5 Å². The second-order valence-corrected chi connectivity index (χ2v) is 11.9. The second kappa shape index (κ2) is 23.2. The van der Waals surface area contributed by atoms with Crippen LogP contribution in [0.5, 0.6) is 0 Å². The quantitative estimate of drug-likeness (QED) is 0.0561. The second-order valence-electron chi connectivity index (χ2n) is 11.9. The van der Waals surface area contributed by atoms with Gasteiger partial charge in [0.1, 0.15) is 0 Å². The highest BCUT2D eigenvalue weighted by atomic mass is 16.5. The number of carbonyl (C=O) groups is 1. The highest BCUT2D eigenvalue weighted by Crippen LogP contribution is 2.15. The molecule has 4 rings (SSSR count). The summed E-state index contributed by atoms with van der Waals surface area (Å²) in [6, 6.07) is 40.8. The van der Waals surface area contributed by atoms with Crippen molar-refractivity contribution in [3.8, 4) is 0 Å². The molecule has 0 radical (unpaired) electrons. The van der Waals surface area contributed by atoms with Crippen LogP contribution in [0.4, 0.5) is 0 Å². The van der Waals surface area contributed by atoms with Gasteiger partial charge in [0.25, 0.3) is 0 Å². The first-order valence-electron chi connectivity index (χ1n) is 17.2. The topological polar surface area (TPSA) is 54.0 Å². The van der Waals surface area contributed by atoms with E-state index in [-0.39, 0.29) is 18.0 Å². The maximum Gasteiger partial charge on any atom is 0.178 e. The number of benzene rings is 4. The monoisotopic (exact) mass is 646 g/mol. The minimum absolute atomic E-state index is 0.00145. The van der Waals surface area contributed by atoms with E-state index in [0.29, 0.717) is 52.5 Å². The molecule has 4 aromatic carbocycles. The number of hydrogen-bond donors (Lipinski definition) is 0. The number of ether oxygens (including phenoxy) is 4. The summed E-state index contributed by atoms with van der Waals surface area (Å²) < 4.78 is 24.3. The summed E-state index contributed by atoms with van der Waals surface area (Å²) in [5.74, 6) is -0.0315. The van der Waals surface area contributed by atoms with Crippen molar-refractivity contribution in [1.29, 1.82) is 0 Å². The average Bonchev–Trinajstić information content (AvgIpc) is 3.13. The van der Waals surface area contributed by atoms with Gasteiger partial charge >= 0.3 is 0 Å². The Morgan fingerprint density at radius 1 is 0.479 bits per heavy atom. The summed E-state index contributed by atoms with van der Waals surface area (Å²) in [5, 5.41) is 0. The van der Waals surface area contributed by atoms with E-state index in [1.165, 1.54) is 11.1 Å². The molecule has 0 spiro atoms. The number of ketones is 1. The molecule has 0 aliphatic heterocycles. The molecule has 0 heterocycles. The van der Waals surface area contributed by atoms with Crippen LogP contribution in [-0.4, -0.2) is 31.2 Å². The van der Waals surface area contributed by atoms with Crippen molar-refractivity contribution in [2.45, 2.75) is 77.2 Å². The third kappa shape index (κ3) is 16.1. The first-order chi connectivity index (χ1) is 23.7. The molecule has 0 saturated heterocycles. The smallest absolute Gasteiger partial charge is 0.178 e. The predicted octanol–water partition coefficient (Wildman–Crippen LogP) is 9.61.